The van der Waals surface area contributed by atoms with Gasteiger partial charge in [0.1, 0.15) is 11.5 Å². The van der Waals surface area contributed by atoms with Gasteiger partial charge in [-0.2, -0.15) is 0 Å². The number of anilines is 1. The van der Waals surface area contributed by atoms with Crippen molar-refractivity contribution in [2.24, 2.45) is 4.99 Å². The Balaban J connectivity index is 1.80. The van der Waals surface area contributed by atoms with Crippen LogP contribution >= 0.6 is 11.3 Å². The van der Waals surface area contributed by atoms with E-state index < -0.39 is 4.92 Å². The molecule has 27 heavy (non-hydrogen) atoms. The Morgan fingerprint density at radius 1 is 1.11 bits per heavy atom. The molecule has 0 unspecified atom stereocenters. The molecule has 0 saturated carbocycles. The molecule has 1 aromatic heterocycles. The van der Waals surface area contributed by atoms with Crippen molar-refractivity contribution in [3.8, 4) is 0 Å². The quantitative estimate of drug-likeness (QED) is 0.393. The van der Waals surface area contributed by atoms with Crippen molar-refractivity contribution in [3.63, 3.8) is 0 Å². The smallest absolute Gasteiger partial charge is 0.266 e. The predicted molar refractivity (Wildman–Crippen MR) is 104 cm³/mol. The van der Waals surface area contributed by atoms with Crippen LogP contribution in [0.1, 0.15) is 11.1 Å². The van der Waals surface area contributed by atoms with Gasteiger partial charge in [0, 0.05) is 29.3 Å². The van der Waals surface area contributed by atoms with E-state index in [1.807, 2.05) is 30.3 Å². The number of aromatic nitrogens is 1. The molecule has 0 fully saturated rings. The molecule has 1 amide bonds. The SMILES string of the molecule is O=C1/C(=C/c2cccc([N+](=O)[O-])c2)N=C(c2ccccc2)N1c1nccs1. The molecule has 0 atom stereocenters. The minimum atomic E-state index is -0.473. The normalized spacial score (nSPS) is 15.3. The van der Waals surface area contributed by atoms with E-state index in [1.54, 1.807) is 29.8 Å². The summed E-state index contributed by atoms with van der Waals surface area (Å²) in [4.78, 5) is 33.7. The van der Waals surface area contributed by atoms with E-state index in [1.165, 1.54) is 28.4 Å². The molecule has 0 radical (unpaired) electrons. The zero-order valence-electron chi connectivity index (χ0n) is 13.9. The number of nitrogens with zero attached hydrogens (tertiary/aromatic N) is 4. The van der Waals surface area contributed by atoms with Crippen molar-refractivity contribution in [1.29, 1.82) is 0 Å². The number of benzene rings is 2. The monoisotopic (exact) mass is 376 g/mol. The van der Waals surface area contributed by atoms with E-state index in [0.29, 0.717) is 16.5 Å². The summed E-state index contributed by atoms with van der Waals surface area (Å²) in [5.41, 5.74) is 1.47. The fourth-order valence-electron chi connectivity index (χ4n) is 2.69. The fraction of sp³-hybridized carbons (Fsp3) is 0. The fourth-order valence-corrected chi connectivity index (χ4v) is 3.33. The Morgan fingerprint density at radius 3 is 2.63 bits per heavy atom. The van der Waals surface area contributed by atoms with Crippen LogP contribution in [-0.2, 0) is 4.79 Å². The van der Waals surface area contributed by atoms with Crippen molar-refractivity contribution >= 4 is 40.0 Å². The number of amides is 1. The third-order valence-corrected chi connectivity index (χ3v) is 4.64. The number of hydrogen-bond acceptors (Lipinski definition) is 6. The molecular formula is C19H12N4O3S. The molecule has 4 rings (SSSR count). The van der Waals surface area contributed by atoms with Crippen LogP contribution in [0, 0.1) is 10.1 Å². The second kappa shape index (κ2) is 6.93. The van der Waals surface area contributed by atoms with Crippen LogP contribution in [0.15, 0.2) is 76.9 Å². The average Bonchev–Trinajstić information content (AvgIpc) is 3.31. The Kier molecular flexibility index (Phi) is 4.31. The van der Waals surface area contributed by atoms with Crippen molar-refractivity contribution in [1.82, 2.24) is 4.98 Å². The van der Waals surface area contributed by atoms with Gasteiger partial charge in [0.15, 0.2) is 5.13 Å². The van der Waals surface area contributed by atoms with Gasteiger partial charge in [-0.05, 0) is 11.6 Å². The number of nitro benzene ring substituents is 1. The molecule has 0 bridgehead atoms. The Bertz CT molecular complexity index is 1080. The van der Waals surface area contributed by atoms with E-state index in [0.717, 1.165) is 5.56 Å². The van der Waals surface area contributed by atoms with Crippen molar-refractivity contribution in [2.45, 2.75) is 0 Å². The maximum absolute atomic E-state index is 13.0. The maximum Gasteiger partial charge on any atom is 0.284 e. The number of rotatable bonds is 4. The van der Waals surface area contributed by atoms with Crippen LogP contribution in [0.25, 0.3) is 6.08 Å². The first-order valence-electron chi connectivity index (χ1n) is 7.98. The summed E-state index contributed by atoms with van der Waals surface area (Å²) in [6.45, 7) is 0. The third-order valence-electron chi connectivity index (χ3n) is 3.89. The highest BCUT2D eigenvalue weighted by molar-refractivity contribution is 7.14. The lowest BCUT2D eigenvalue weighted by Gasteiger charge is -2.14. The molecule has 1 aliphatic rings. The van der Waals surface area contributed by atoms with E-state index in [-0.39, 0.29) is 17.3 Å². The van der Waals surface area contributed by atoms with Gasteiger partial charge in [0.05, 0.1) is 4.92 Å². The van der Waals surface area contributed by atoms with Crippen LogP contribution < -0.4 is 4.90 Å². The summed E-state index contributed by atoms with van der Waals surface area (Å²) in [7, 11) is 0. The summed E-state index contributed by atoms with van der Waals surface area (Å²) in [5.74, 6) is 0.155. The van der Waals surface area contributed by atoms with Crippen LogP contribution in [0.5, 0.6) is 0 Å². The highest BCUT2D eigenvalue weighted by atomic mass is 32.1. The number of nitro groups is 1. The largest absolute Gasteiger partial charge is 0.284 e. The van der Waals surface area contributed by atoms with E-state index in [2.05, 4.69) is 9.98 Å². The Labute approximate surface area is 158 Å². The van der Waals surface area contributed by atoms with E-state index >= 15 is 0 Å². The van der Waals surface area contributed by atoms with Crippen LogP contribution in [-0.4, -0.2) is 21.7 Å². The summed E-state index contributed by atoms with van der Waals surface area (Å²) in [6, 6.07) is 15.4. The zero-order valence-corrected chi connectivity index (χ0v) is 14.7. The molecular weight excluding hydrogens is 364 g/mol. The lowest BCUT2D eigenvalue weighted by molar-refractivity contribution is -0.384. The first kappa shape index (κ1) is 16.8. The average molecular weight is 376 g/mol. The molecule has 1 aliphatic heterocycles. The van der Waals surface area contributed by atoms with Gasteiger partial charge in [0.25, 0.3) is 11.6 Å². The second-order valence-corrected chi connectivity index (χ2v) is 6.51. The van der Waals surface area contributed by atoms with Crippen molar-refractivity contribution < 1.29 is 9.72 Å². The number of amidine groups is 1. The standard InChI is InChI=1S/C19H12N4O3S/c24-18-16(12-13-5-4-8-15(11-13)23(25)26)21-17(14-6-2-1-3-7-14)22(18)19-20-9-10-27-19/h1-12H/b16-12-. The first-order valence-corrected chi connectivity index (χ1v) is 8.85. The number of carbonyl (C=O) groups excluding carboxylic acids is 1. The number of aliphatic imine (C=N–C) groups is 1. The second-order valence-electron chi connectivity index (χ2n) is 5.64. The highest BCUT2D eigenvalue weighted by Gasteiger charge is 2.33. The minimum Gasteiger partial charge on any atom is -0.266 e. The summed E-state index contributed by atoms with van der Waals surface area (Å²) >= 11 is 1.33. The van der Waals surface area contributed by atoms with E-state index in [9.17, 15) is 14.9 Å². The number of non-ortho nitro benzene ring substituents is 1. The van der Waals surface area contributed by atoms with Gasteiger partial charge in [-0.3, -0.25) is 14.9 Å². The van der Waals surface area contributed by atoms with Gasteiger partial charge in [-0.25, -0.2) is 14.9 Å². The van der Waals surface area contributed by atoms with Crippen LogP contribution in [0.2, 0.25) is 0 Å². The number of hydrogen-bond donors (Lipinski definition) is 0. The molecule has 0 N–H and O–H groups in total. The molecule has 7 nitrogen and oxygen atoms in total. The summed E-state index contributed by atoms with van der Waals surface area (Å²) < 4.78 is 0. The highest BCUT2D eigenvalue weighted by Crippen LogP contribution is 2.29. The van der Waals surface area contributed by atoms with Gasteiger partial charge in [-0.15, -0.1) is 11.3 Å². The number of carbonyl (C=O) groups is 1. The van der Waals surface area contributed by atoms with E-state index in [4.69, 9.17) is 0 Å². The van der Waals surface area contributed by atoms with Crippen molar-refractivity contribution in [3.05, 3.63) is 93.1 Å². The molecule has 132 valence electrons. The first-order chi connectivity index (χ1) is 13.1. The third kappa shape index (κ3) is 3.25. The summed E-state index contributed by atoms with van der Waals surface area (Å²) in [5, 5.41) is 13.3. The van der Waals surface area contributed by atoms with Crippen LogP contribution in [0.4, 0.5) is 10.8 Å². The molecule has 2 aromatic carbocycles. The van der Waals surface area contributed by atoms with Gasteiger partial charge in [-0.1, -0.05) is 42.5 Å². The van der Waals surface area contributed by atoms with Crippen LogP contribution in [0.3, 0.4) is 0 Å². The molecule has 2 heterocycles. The molecule has 0 aliphatic carbocycles. The Hall–Kier alpha value is -3.65. The summed E-state index contributed by atoms with van der Waals surface area (Å²) in [6.07, 6.45) is 3.17. The predicted octanol–water partition coefficient (Wildman–Crippen LogP) is 3.89. The van der Waals surface area contributed by atoms with Gasteiger partial charge in [0.2, 0.25) is 0 Å². The molecule has 3 aromatic rings. The number of thiazole rings is 1. The zero-order chi connectivity index (χ0) is 18.8. The molecule has 0 saturated heterocycles. The van der Waals surface area contributed by atoms with Gasteiger partial charge >= 0.3 is 0 Å². The molecule has 8 heteroatoms. The maximum atomic E-state index is 13.0. The Morgan fingerprint density at radius 2 is 1.93 bits per heavy atom. The van der Waals surface area contributed by atoms with Gasteiger partial charge < -0.3 is 0 Å². The lowest BCUT2D eigenvalue weighted by Crippen LogP contribution is -2.32. The lowest BCUT2D eigenvalue weighted by atomic mass is 10.1. The van der Waals surface area contributed by atoms with Crippen molar-refractivity contribution in [2.75, 3.05) is 4.90 Å². The molecule has 0 spiro atoms. The minimum absolute atomic E-state index is 0.0427. The topological polar surface area (TPSA) is 88.7 Å².